The molecule has 0 aliphatic rings. The quantitative estimate of drug-likeness (QED) is 0.920. The lowest BCUT2D eigenvalue weighted by Gasteiger charge is -2.07. The summed E-state index contributed by atoms with van der Waals surface area (Å²) in [5, 5.41) is 5.01. The second-order valence-corrected chi connectivity index (χ2v) is 4.00. The molecule has 0 aliphatic carbocycles. The van der Waals surface area contributed by atoms with Gasteiger partial charge in [-0.3, -0.25) is 0 Å². The molecular formula is C10H9Cl2N3O. The van der Waals surface area contributed by atoms with Crippen LogP contribution < -0.4 is 10.5 Å². The molecular weight excluding hydrogens is 249 g/mol. The van der Waals surface area contributed by atoms with Gasteiger partial charge in [0.1, 0.15) is 5.75 Å². The van der Waals surface area contributed by atoms with E-state index in [0.717, 1.165) is 0 Å². The summed E-state index contributed by atoms with van der Waals surface area (Å²) in [6.07, 6.45) is 3.22. The van der Waals surface area contributed by atoms with Gasteiger partial charge in [-0.2, -0.15) is 5.10 Å². The number of nitrogen functional groups attached to an aromatic ring is 1. The Balaban J connectivity index is 2.04. The number of halogens is 2. The van der Waals surface area contributed by atoms with Crippen molar-refractivity contribution < 1.29 is 4.74 Å². The SMILES string of the molecule is Nc1cnn(COc2ccc(Cl)cc2Cl)c1. The van der Waals surface area contributed by atoms with Crippen molar-refractivity contribution in [3.63, 3.8) is 0 Å². The van der Waals surface area contributed by atoms with E-state index in [-0.39, 0.29) is 6.73 Å². The van der Waals surface area contributed by atoms with E-state index in [4.69, 9.17) is 33.7 Å². The maximum Gasteiger partial charge on any atom is 0.181 e. The van der Waals surface area contributed by atoms with Gasteiger partial charge in [0.2, 0.25) is 0 Å². The second-order valence-electron chi connectivity index (χ2n) is 3.16. The fraction of sp³-hybridized carbons (Fsp3) is 0.100. The zero-order valence-corrected chi connectivity index (χ0v) is 9.74. The second kappa shape index (κ2) is 4.63. The third-order valence-electron chi connectivity index (χ3n) is 1.90. The van der Waals surface area contributed by atoms with Crippen LogP contribution >= 0.6 is 23.2 Å². The van der Waals surface area contributed by atoms with E-state index in [9.17, 15) is 0 Å². The van der Waals surface area contributed by atoms with Crippen molar-refractivity contribution in [2.45, 2.75) is 6.73 Å². The standard InChI is InChI=1S/C10H9Cl2N3O/c11-7-1-2-10(9(12)3-7)16-6-15-5-8(13)4-14-15/h1-5H,6,13H2. The Hall–Kier alpha value is -1.39. The summed E-state index contributed by atoms with van der Waals surface area (Å²) in [5.41, 5.74) is 6.10. The number of hydrogen-bond acceptors (Lipinski definition) is 3. The van der Waals surface area contributed by atoms with Gasteiger partial charge in [0.25, 0.3) is 0 Å². The highest BCUT2D eigenvalue weighted by Gasteiger charge is 2.02. The van der Waals surface area contributed by atoms with E-state index in [2.05, 4.69) is 5.10 Å². The molecule has 0 saturated carbocycles. The highest BCUT2D eigenvalue weighted by molar-refractivity contribution is 6.35. The van der Waals surface area contributed by atoms with Crippen molar-refractivity contribution in [1.29, 1.82) is 0 Å². The molecule has 0 fully saturated rings. The van der Waals surface area contributed by atoms with Crippen molar-refractivity contribution in [3.8, 4) is 5.75 Å². The fourth-order valence-corrected chi connectivity index (χ4v) is 1.64. The molecule has 0 spiro atoms. The summed E-state index contributed by atoms with van der Waals surface area (Å²) >= 11 is 11.7. The van der Waals surface area contributed by atoms with E-state index < -0.39 is 0 Å². The first-order valence-electron chi connectivity index (χ1n) is 4.51. The summed E-state index contributed by atoms with van der Waals surface area (Å²) in [6.45, 7) is 0.249. The first kappa shape index (κ1) is 11.1. The highest BCUT2D eigenvalue weighted by Crippen LogP contribution is 2.27. The van der Waals surface area contributed by atoms with Crippen LogP contribution in [0.2, 0.25) is 10.0 Å². The number of nitrogens with two attached hydrogens (primary N) is 1. The van der Waals surface area contributed by atoms with Crippen molar-refractivity contribution in [3.05, 3.63) is 40.6 Å². The van der Waals surface area contributed by atoms with Gasteiger partial charge < -0.3 is 10.5 Å². The van der Waals surface area contributed by atoms with E-state index in [1.807, 2.05) is 0 Å². The van der Waals surface area contributed by atoms with Gasteiger partial charge in [0.15, 0.2) is 6.73 Å². The number of rotatable bonds is 3. The largest absolute Gasteiger partial charge is 0.470 e. The van der Waals surface area contributed by atoms with Crippen LogP contribution in [0.25, 0.3) is 0 Å². The molecule has 1 heterocycles. The van der Waals surface area contributed by atoms with Crippen LogP contribution in [-0.2, 0) is 6.73 Å². The van der Waals surface area contributed by atoms with Gasteiger partial charge in [-0.05, 0) is 18.2 Å². The monoisotopic (exact) mass is 257 g/mol. The molecule has 84 valence electrons. The Labute approximate surface area is 103 Å². The normalized spacial score (nSPS) is 10.4. The first-order chi connectivity index (χ1) is 7.65. The van der Waals surface area contributed by atoms with Gasteiger partial charge in [-0.15, -0.1) is 0 Å². The van der Waals surface area contributed by atoms with Crippen molar-refractivity contribution >= 4 is 28.9 Å². The summed E-state index contributed by atoms with van der Waals surface area (Å²) in [6, 6.07) is 5.04. The van der Waals surface area contributed by atoms with Crippen LogP contribution in [0.15, 0.2) is 30.6 Å². The molecule has 0 radical (unpaired) electrons. The molecule has 16 heavy (non-hydrogen) atoms. The van der Waals surface area contributed by atoms with Gasteiger partial charge in [0.05, 0.1) is 23.1 Å². The van der Waals surface area contributed by atoms with Crippen molar-refractivity contribution in [1.82, 2.24) is 9.78 Å². The van der Waals surface area contributed by atoms with Crippen LogP contribution in [0.4, 0.5) is 5.69 Å². The predicted octanol–water partition coefficient (Wildman–Crippen LogP) is 2.81. The average Bonchev–Trinajstić information content (AvgIpc) is 2.63. The molecule has 4 nitrogen and oxygen atoms in total. The first-order valence-corrected chi connectivity index (χ1v) is 5.26. The van der Waals surface area contributed by atoms with Crippen LogP contribution in [0.1, 0.15) is 0 Å². The number of benzene rings is 1. The summed E-state index contributed by atoms with van der Waals surface area (Å²) < 4.78 is 7.02. The Kier molecular flexibility index (Phi) is 3.22. The summed E-state index contributed by atoms with van der Waals surface area (Å²) in [4.78, 5) is 0. The van der Waals surface area contributed by atoms with Crippen molar-refractivity contribution in [2.75, 3.05) is 5.73 Å². The predicted molar refractivity (Wildman–Crippen MR) is 63.7 cm³/mol. The lowest BCUT2D eigenvalue weighted by molar-refractivity contribution is 0.221. The molecule has 0 aliphatic heterocycles. The number of ether oxygens (including phenoxy) is 1. The molecule has 2 N–H and O–H groups in total. The number of hydrogen-bond donors (Lipinski definition) is 1. The van der Waals surface area contributed by atoms with Crippen molar-refractivity contribution in [2.24, 2.45) is 0 Å². The lowest BCUT2D eigenvalue weighted by atomic mass is 10.3. The van der Waals surface area contributed by atoms with E-state index in [0.29, 0.717) is 21.5 Å². The van der Waals surface area contributed by atoms with Gasteiger partial charge in [0, 0.05) is 5.02 Å². The third kappa shape index (κ3) is 2.59. The van der Waals surface area contributed by atoms with E-state index in [1.54, 1.807) is 35.3 Å². The molecule has 1 aromatic heterocycles. The average molecular weight is 258 g/mol. The number of anilines is 1. The van der Waals surface area contributed by atoms with Gasteiger partial charge >= 0.3 is 0 Å². The van der Waals surface area contributed by atoms with Crippen LogP contribution in [0.5, 0.6) is 5.75 Å². The van der Waals surface area contributed by atoms with Gasteiger partial charge in [-0.1, -0.05) is 23.2 Å². The zero-order chi connectivity index (χ0) is 11.5. The minimum absolute atomic E-state index is 0.249. The molecule has 0 atom stereocenters. The molecule has 2 aromatic rings. The smallest absolute Gasteiger partial charge is 0.181 e. The minimum atomic E-state index is 0.249. The maximum absolute atomic E-state index is 5.94. The molecule has 1 aromatic carbocycles. The number of aromatic nitrogens is 2. The Morgan fingerprint density at radius 2 is 2.19 bits per heavy atom. The number of nitrogens with zero attached hydrogens (tertiary/aromatic N) is 2. The van der Waals surface area contributed by atoms with Gasteiger partial charge in [-0.25, -0.2) is 4.68 Å². The van der Waals surface area contributed by atoms with Crippen LogP contribution in [-0.4, -0.2) is 9.78 Å². The van der Waals surface area contributed by atoms with E-state index in [1.165, 1.54) is 0 Å². The summed E-state index contributed by atoms with van der Waals surface area (Å²) in [7, 11) is 0. The van der Waals surface area contributed by atoms with Crippen LogP contribution in [0.3, 0.4) is 0 Å². The molecule has 0 bridgehead atoms. The van der Waals surface area contributed by atoms with Crippen LogP contribution in [0, 0.1) is 0 Å². The zero-order valence-electron chi connectivity index (χ0n) is 8.23. The Morgan fingerprint density at radius 1 is 1.38 bits per heavy atom. The summed E-state index contributed by atoms with van der Waals surface area (Å²) in [5.74, 6) is 0.556. The minimum Gasteiger partial charge on any atom is -0.470 e. The Bertz CT molecular complexity index is 499. The Morgan fingerprint density at radius 3 is 2.81 bits per heavy atom. The molecule has 0 unspecified atom stereocenters. The topological polar surface area (TPSA) is 53.1 Å². The fourth-order valence-electron chi connectivity index (χ4n) is 1.18. The molecule has 0 amide bonds. The third-order valence-corrected chi connectivity index (χ3v) is 2.43. The maximum atomic E-state index is 5.94. The molecule has 6 heteroatoms. The lowest BCUT2D eigenvalue weighted by Crippen LogP contribution is -2.05. The highest BCUT2D eigenvalue weighted by atomic mass is 35.5. The van der Waals surface area contributed by atoms with E-state index >= 15 is 0 Å². The molecule has 2 rings (SSSR count). The molecule has 0 saturated heterocycles.